The highest BCUT2D eigenvalue weighted by Gasteiger charge is 2.29. The number of carboxylic acids is 2. The Morgan fingerprint density at radius 2 is 1.37 bits per heavy atom. The van der Waals surface area contributed by atoms with Gasteiger partial charge in [0.2, 0.25) is 0 Å². The highest BCUT2D eigenvalue weighted by Crippen LogP contribution is 2.36. The van der Waals surface area contributed by atoms with E-state index < -0.39 is 23.8 Å². The fourth-order valence-electron chi connectivity index (χ4n) is 3.63. The van der Waals surface area contributed by atoms with Gasteiger partial charge in [0.1, 0.15) is 5.75 Å². The zero-order valence-corrected chi connectivity index (χ0v) is 19.3. The first kappa shape index (κ1) is 26.0. The Labute approximate surface area is 181 Å². The maximum absolute atomic E-state index is 12.1. The first-order valence-corrected chi connectivity index (χ1v) is 11.4. The molecule has 2 atom stereocenters. The molecule has 0 bridgehead atoms. The summed E-state index contributed by atoms with van der Waals surface area (Å²) in [6.07, 6.45) is 5.63. The van der Waals surface area contributed by atoms with Crippen LogP contribution in [-0.2, 0) is 9.59 Å². The van der Waals surface area contributed by atoms with Gasteiger partial charge in [0.25, 0.3) is 0 Å². The van der Waals surface area contributed by atoms with Crippen LogP contribution in [0.25, 0.3) is 0 Å². The normalized spacial score (nSPS) is 13.4. The third-order valence-electron chi connectivity index (χ3n) is 5.49. The lowest BCUT2D eigenvalue weighted by atomic mass is 9.81. The second kappa shape index (κ2) is 13.3. The minimum absolute atomic E-state index is 0.375. The molecule has 0 aliphatic heterocycles. The number of carbonyl (C=O) groups is 2. The molecule has 5 nitrogen and oxygen atoms in total. The standard InChI is InChI=1S/C25H40O5/c1-6-7-8-15-30-19-11-14-20(21(24(26)27)12-9-17(2)3)23(16-19)22(25(28)29)13-10-18(4)5/h11,14,16-18,21-22H,6-10,12-13,15H2,1-5H3,(H,26,27)(H,28,29). The van der Waals surface area contributed by atoms with Crippen molar-refractivity contribution >= 4 is 11.9 Å². The molecular weight excluding hydrogens is 380 g/mol. The van der Waals surface area contributed by atoms with Crippen LogP contribution >= 0.6 is 0 Å². The molecule has 1 aromatic rings. The fraction of sp³-hybridized carbons (Fsp3) is 0.680. The Morgan fingerprint density at radius 3 is 1.83 bits per heavy atom. The van der Waals surface area contributed by atoms with Crippen LogP contribution in [0.5, 0.6) is 5.75 Å². The molecule has 1 rings (SSSR count). The molecule has 2 N–H and O–H groups in total. The SMILES string of the molecule is CCCCCOc1ccc(C(CCC(C)C)C(=O)O)c(C(CCC(C)C)C(=O)O)c1. The van der Waals surface area contributed by atoms with E-state index in [9.17, 15) is 19.8 Å². The van der Waals surface area contributed by atoms with Gasteiger partial charge in [0.05, 0.1) is 18.4 Å². The van der Waals surface area contributed by atoms with Gasteiger partial charge in [-0.15, -0.1) is 0 Å². The molecule has 0 heterocycles. The van der Waals surface area contributed by atoms with Gasteiger partial charge in [-0.3, -0.25) is 9.59 Å². The van der Waals surface area contributed by atoms with Gasteiger partial charge in [0, 0.05) is 0 Å². The first-order valence-electron chi connectivity index (χ1n) is 11.4. The Kier molecular flexibility index (Phi) is 11.5. The zero-order chi connectivity index (χ0) is 22.7. The van der Waals surface area contributed by atoms with Crippen LogP contribution in [0.3, 0.4) is 0 Å². The molecule has 0 spiro atoms. The van der Waals surface area contributed by atoms with Crippen molar-refractivity contribution in [3.63, 3.8) is 0 Å². The Morgan fingerprint density at radius 1 is 0.833 bits per heavy atom. The maximum atomic E-state index is 12.1. The van der Waals surface area contributed by atoms with Gasteiger partial charge in [-0.25, -0.2) is 0 Å². The molecule has 0 saturated heterocycles. The van der Waals surface area contributed by atoms with Crippen LogP contribution in [0, 0.1) is 11.8 Å². The Bertz CT molecular complexity index is 666. The van der Waals surface area contributed by atoms with E-state index in [1.165, 1.54) is 0 Å². The molecule has 2 unspecified atom stereocenters. The molecule has 5 heteroatoms. The molecule has 0 radical (unpaired) electrons. The highest BCUT2D eigenvalue weighted by atomic mass is 16.5. The lowest BCUT2D eigenvalue weighted by Crippen LogP contribution is -2.20. The quantitative estimate of drug-likeness (QED) is 0.318. The molecule has 0 aromatic heterocycles. The molecule has 1 aromatic carbocycles. The van der Waals surface area contributed by atoms with Gasteiger partial charge in [0.15, 0.2) is 0 Å². The smallest absolute Gasteiger partial charge is 0.310 e. The molecule has 0 amide bonds. The van der Waals surface area contributed by atoms with E-state index in [4.69, 9.17) is 4.74 Å². The van der Waals surface area contributed by atoms with Gasteiger partial charge in [-0.1, -0.05) is 53.5 Å². The van der Waals surface area contributed by atoms with Crippen molar-refractivity contribution in [3.8, 4) is 5.75 Å². The monoisotopic (exact) mass is 420 g/mol. The summed E-state index contributed by atoms with van der Waals surface area (Å²) in [5.41, 5.74) is 1.20. The lowest BCUT2D eigenvalue weighted by molar-refractivity contribution is -0.140. The topological polar surface area (TPSA) is 83.8 Å². The van der Waals surface area contributed by atoms with E-state index in [-0.39, 0.29) is 0 Å². The van der Waals surface area contributed by atoms with Crippen LogP contribution in [0.2, 0.25) is 0 Å². The molecule has 0 fully saturated rings. The zero-order valence-electron chi connectivity index (χ0n) is 19.3. The van der Waals surface area contributed by atoms with Crippen LogP contribution in [-0.4, -0.2) is 28.8 Å². The number of carboxylic acid groups (broad SMARTS) is 2. The maximum Gasteiger partial charge on any atom is 0.310 e. The van der Waals surface area contributed by atoms with E-state index in [1.807, 2.05) is 0 Å². The number of aliphatic carboxylic acids is 2. The third-order valence-corrected chi connectivity index (χ3v) is 5.49. The van der Waals surface area contributed by atoms with Crippen molar-refractivity contribution in [1.82, 2.24) is 0 Å². The largest absolute Gasteiger partial charge is 0.494 e. The van der Waals surface area contributed by atoms with Crippen molar-refractivity contribution in [1.29, 1.82) is 0 Å². The molecule has 170 valence electrons. The van der Waals surface area contributed by atoms with Gasteiger partial charge < -0.3 is 14.9 Å². The van der Waals surface area contributed by atoms with Gasteiger partial charge in [-0.05, 0) is 67.2 Å². The van der Waals surface area contributed by atoms with Crippen molar-refractivity contribution in [2.24, 2.45) is 11.8 Å². The van der Waals surface area contributed by atoms with E-state index >= 15 is 0 Å². The second-order valence-corrected chi connectivity index (χ2v) is 9.07. The van der Waals surface area contributed by atoms with Crippen LogP contribution < -0.4 is 4.74 Å². The Hall–Kier alpha value is -2.04. The van der Waals surface area contributed by atoms with Crippen LogP contribution in [0.4, 0.5) is 0 Å². The number of hydrogen-bond donors (Lipinski definition) is 2. The summed E-state index contributed by atoms with van der Waals surface area (Å²) in [5.74, 6) is -1.88. The summed E-state index contributed by atoms with van der Waals surface area (Å²) in [4.78, 5) is 24.2. The first-order chi connectivity index (χ1) is 14.2. The summed E-state index contributed by atoms with van der Waals surface area (Å²) in [5, 5.41) is 19.8. The minimum Gasteiger partial charge on any atom is -0.494 e. The Balaban J connectivity index is 3.31. The molecule has 0 aliphatic carbocycles. The number of ether oxygens (including phenoxy) is 1. The van der Waals surface area contributed by atoms with Crippen molar-refractivity contribution in [2.75, 3.05) is 6.61 Å². The van der Waals surface area contributed by atoms with Gasteiger partial charge in [-0.2, -0.15) is 0 Å². The summed E-state index contributed by atoms with van der Waals surface area (Å²) in [6.45, 7) is 11.0. The number of benzene rings is 1. The average Bonchev–Trinajstić information content (AvgIpc) is 2.65. The molecule has 0 aliphatic rings. The van der Waals surface area contributed by atoms with E-state index in [2.05, 4.69) is 34.6 Å². The number of rotatable bonds is 15. The van der Waals surface area contributed by atoms with E-state index in [0.29, 0.717) is 48.2 Å². The lowest BCUT2D eigenvalue weighted by Gasteiger charge is -2.23. The van der Waals surface area contributed by atoms with Crippen molar-refractivity contribution in [2.45, 2.75) is 91.4 Å². The van der Waals surface area contributed by atoms with E-state index in [0.717, 1.165) is 32.1 Å². The minimum atomic E-state index is -0.909. The number of hydrogen-bond acceptors (Lipinski definition) is 3. The second-order valence-electron chi connectivity index (χ2n) is 9.07. The third kappa shape index (κ3) is 8.76. The predicted molar refractivity (Wildman–Crippen MR) is 120 cm³/mol. The summed E-state index contributed by atoms with van der Waals surface area (Å²) in [7, 11) is 0. The van der Waals surface area contributed by atoms with Crippen molar-refractivity contribution < 1.29 is 24.5 Å². The van der Waals surface area contributed by atoms with Crippen LogP contribution in [0.15, 0.2) is 18.2 Å². The van der Waals surface area contributed by atoms with E-state index in [1.54, 1.807) is 18.2 Å². The average molecular weight is 421 g/mol. The fourth-order valence-corrected chi connectivity index (χ4v) is 3.63. The predicted octanol–water partition coefficient (Wildman–Crippen LogP) is 6.46. The molecule has 0 saturated carbocycles. The summed E-state index contributed by atoms with van der Waals surface area (Å²) >= 11 is 0. The summed E-state index contributed by atoms with van der Waals surface area (Å²) < 4.78 is 5.86. The van der Waals surface area contributed by atoms with Crippen molar-refractivity contribution in [3.05, 3.63) is 29.3 Å². The van der Waals surface area contributed by atoms with Gasteiger partial charge >= 0.3 is 11.9 Å². The molecule has 30 heavy (non-hydrogen) atoms. The highest BCUT2D eigenvalue weighted by molar-refractivity contribution is 5.81. The summed E-state index contributed by atoms with van der Waals surface area (Å²) in [6, 6.07) is 5.33. The van der Waals surface area contributed by atoms with Crippen LogP contribution in [0.1, 0.15) is 103 Å². The molecular formula is C25H40O5. The number of unbranched alkanes of at least 4 members (excludes halogenated alkanes) is 2.